The summed E-state index contributed by atoms with van der Waals surface area (Å²) in [4.78, 5) is 0. The van der Waals surface area contributed by atoms with Gasteiger partial charge in [0.25, 0.3) is 0 Å². The summed E-state index contributed by atoms with van der Waals surface area (Å²) in [5, 5.41) is 14.2. The highest BCUT2D eigenvalue weighted by molar-refractivity contribution is 5.17. The summed E-state index contributed by atoms with van der Waals surface area (Å²) < 4.78 is 10.5. The number of rotatable bonds is 9. The summed E-state index contributed by atoms with van der Waals surface area (Å²) in [7, 11) is 1.72. The predicted octanol–water partition coefficient (Wildman–Crippen LogP) is 1.65. The Labute approximate surface area is 108 Å². The van der Waals surface area contributed by atoms with Gasteiger partial charge in [0.1, 0.15) is 0 Å². The van der Waals surface area contributed by atoms with Gasteiger partial charge in [-0.15, -0.1) is 5.10 Å². The molecule has 0 saturated heterocycles. The Morgan fingerprint density at radius 2 is 2.11 bits per heavy atom. The predicted molar refractivity (Wildman–Crippen MR) is 70.4 cm³/mol. The largest absolute Gasteiger partial charge is 0.407 e. The fourth-order valence-electron chi connectivity index (χ4n) is 1.41. The van der Waals surface area contributed by atoms with E-state index < -0.39 is 0 Å². The molecule has 0 aliphatic rings. The molecule has 0 saturated carbocycles. The second kappa shape index (κ2) is 7.33. The molecule has 1 aromatic heterocycles. The molecule has 104 valence electrons. The molecule has 0 aromatic carbocycles. The molecule has 0 fully saturated rings. The second-order valence-electron chi connectivity index (χ2n) is 5.04. The van der Waals surface area contributed by atoms with Crippen LogP contribution < -0.4 is 10.6 Å². The van der Waals surface area contributed by atoms with Gasteiger partial charge < -0.3 is 19.8 Å². The molecule has 0 unspecified atom stereocenters. The first-order chi connectivity index (χ1) is 8.57. The van der Waals surface area contributed by atoms with E-state index in [1.165, 1.54) is 0 Å². The molecule has 0 spiro atoms. The van der Waals surface area contributed by atoms with Crippen LogP contribution in [0.3, 0.4) is 0 Å². The number of ether oxygens (including phenoxy) is 1. The van der Waals surface area contributed by atoms with Gasteiger partial charge >= 0.3 is 6.01 Å². The highest BCUT2D eigenvalue weighted by atomic mass is 16.5. The lowest BCUT2D eigenvalue weighted by atomic mass is 9.90. The van der Waals surface area contributed by atoms with E-state index in [-0.39, 0.29) is 5.41 Å². The van der Waals surface area contributed by atoms with Crippen LogP contribution in [-0.4, -0.2) is 37.0 Å². The summed E-state index contributed by atoms with van der Waals surface area (Å²) in [5.74, 6) is 0.606. The SMILES string of the molecule is CCNCc1nnc(NCC(C)(C)CCOC)o1. The van der Waals surface area contributed by atoms with E-state index in [1.807, 2.05) is 6.92 Å². The first kappa shape index (κ1) is 14.9. The highest BCUT2D eigenvalue weighted by Crippen LogP contribution is 2.20. The lowest BCUT2D eigenvalue weighted by molar-refractivity contribution is 0.156. The Hall–Kier alpha value is -1.14. The quantitative estimate of drug-likeness (QED) is 0.700. The minimum Gasteiger partial charge on any atom is -0.407 e. The number of nitrogens with zero attached hydrogens (tertiary/aromatic N) is 2. The van der Waals surface area contributed by atoms with Crippen LogP contribution in [0.5, 0.6) is 0 Å². The number of hydrogen-bond donors (Lipinski definition) is 2. The molecule has 1 heterocycles. The summed E-state index contributed by atoms with van der Waals surface area (Å²) in [6.45, 7) is 9.41. The first-order valence-electron chi connectivity index (χ1n) is 6.33. The maximum atomic E-state index is 5.46. The zero-order chi connectivity index (χ0) is 13.4. The molecule has 0 atom stereocenters. The zero-order valence-corrected chi connectivity index (χ0v) is 11.7. The maximum absolute atomic E-state index is 5.46. The standard InChI is InChI=1S/C12H24N4O2/c1-5-13-8-10-15-16-11(18-10)14-9-12(2,3)6-7-17-4/h13H,5-9H2,1-4H3,(H,14,16). The van der Waals surface area contributed by atoms with Crippen LogP contribution in [0.15, 0.2) is 4.42 Å². The molecular formula is C12H24N4O2. The van der Waals surface area contributed by atoms with E-state index in [2.05, 4.69) is 34.7 Å². The molecule has 0 aliphatic carbocycles. The van der Waals surface area contributed by atoms with Crippen LogP contribution in [0.2, 0.25) is 0 Å². The minimum absolute atomic E-state index is 0.131. The van der Waals surface area contributed by atoms with E-state index in [4.69, 9.17) is 9.15 Å². The van der Waals surface area contributed by atoms with Gasteiger partial charge in [-0.2, -0.15) is 0 Å². The molecule has 0 bridgehead atoms. The smallest absolute Gasteiger partial charge is 0.315 e. The third kappa shape index (κ3) is 5.46. The number of methoxy groups -OCH3 is 1. The van der Waals surface area contributed by atoms with Crippen molar-refractivity contribution < 1.29 is 9.15 Å². The van der Waals surface area contributed by atoms with Crippen molar-refractivity contribution in [2.24, 2.45) is 5.41 Å². The van der Waals surface area contributed by atoms with Crippen LogP contribution in [-0.2, 0) is 11.3 Å². The van der Waals surface area contributed by atoms with Crippen molar-refractivity contribution in [1.29, 1.82) is 0 Å². The summed E-state index contributed by atoms with van der Waals surface area (Å²) in [6.07, 6.45) is 0.981. The monoisotopic (exact) mass is 256 g/mol. The van der Waals surface area contributed by atoms with Gasteiger partial charge in [-0.3, -0.25) is 0 Å². The van der Waals surface area contributed by atoms with E-state index in [0.717, 1.165) is 26.1 Å². The van der Waals surface area contributed by atoms with Gasteiger partial charge in [0.2, 0.25) is 5.89 Å². The Balaban J connectivity index is 2.36. The van der Waals surface area contributed by atoms with Crippen molar-refractivity contribution >= 4 is 6.01 Å². The molecule has 6 nitrogen and oxygen atoms in total. The lowest BCUT2D eigenvalue weighted by Gasteiger charge is -2.23. The van der Waals surface area contributed by atoms with E-state index in [0.29, 0.717) is 18.5 Å². The Kier molecular flexibility index (Phi) is 6.07. The van der Waals surface area contributed by atoms with Crippen molar-refractivity contribution in [3.05, 3.63) is 5.89 Å². The molecule has 0 radical (unpaired) electrons. The lowest BCUT2D eigenvalue weighted by Crippen LogP contribution is -2.24. The molecule has 6 heteroatoms. The number of aromatic nitrogens is 2. The average Bonchev–Trinajstić information content (AvgIpc) is 2.80. The fraction of sp³-hybridized carbons (Fsp3) is 0.833. The minimum atomic E-state index is 0.131. The molecule has 18 heavy (non-hydrogen) atoms. The van der Waals surface area contributed by atoms with Gasteiger partial charge in [0.05, 0.1) is 6.54 Å². The third-order valence-corrected chi connectivity index (χ3v) is 2.69. The van der Waals surface area contributed by atoms with Gasteiger partial charge in [-0.1, -0.05) is 25.9 Å². The third-order valence-electron chi connectivity index (χ3n) is 2.69. The Bertz CT molecular complexity index is 339. The Morgan fingerprint density at radius 3 is 2.78 bits per heavy atom. The van der Waals surface area contributed by atoms with Crippen LogP contribution in [0.1, 0.15) is 33.1 Å². The summed E-state index contributed by atoms with van der Waals surface area (Å²) >= 11 is 0. The van der Waals surface area contributed by atoms with E-state index in [1.54, 1.807) is 7.11 Å². The van der Waals surface area contributed by atoms with Crippen LogP contribution >= 0.6 is 0 Å². The number of anilines is 1. The van der Waals surface area contributed by atoms with Gasteiger partial charge in [0, 0.05) is 20.3 Å². The summed E-state index contributed by atoms with van der Waals surface area (Å²) in [5.41, 5.74) is 0.131. The van der Waals surface area contributed by atoms with Crippen LogP contribution in [0.4, 0.5) is 6.01 Å². The van der Waals surface area contributed by atoms with Crippen LogP contribution in [0, 0.1) is 5.41 Å². The Morgan fingerprint density at radius 1 is 1.33 bits per heavy atom. The zero-order valence-electron chi connectivity index (χ0n) is 11.7. The van der Waals surface area contributed by atoms with Crippen LogP contribution in [0.25, 0.3) is 0 Å². The molecule has 1 aromatic rings. The number of nitrogens with one attached hydrogen (secondary N) is 2. The van der Waals surface area contributed by atoms with E-state index >= 15 is 0 Å². The van der Waals surface area contributed by atoms with Gasteiger partial charge in [0.15, 0.2) is 0 Å². The first-order valence-corrected chi connectivity index (χ1v) is 6.33. The number of hydrogen-bond acceptors (Lipinski definition) is 6. The van der Waals surface area contributed by atoms with Crippen molar-refractivity contribution in [3.8, 4) is 0 Å². The maximum Gasteiger partial charge on any atom is 0.315 e. The van der Waals surface area contributed by atoms with E-state index in [9.17, 15) is 0 Å². The molecule has 1 rings (SSSR count). The molecule has 0 amide bonds. The molecule has 2 N–H and O–H groups in total. The molecular weight excluding hydrogens is 232 g/mol. The average molecular weight is 256 g/mol. The van der Waals surface area contributed by atoms with Crippen molar-refractivity contribution in [2.75, 3.05) is 32.1 Å². The van der Waals surface area contributed by atoms with Crippen molar-refractivity contribution in [2.45, 2.75) is 33.7 Å². The molecule has 0 aliphatic heterocycles. The van der Waals surface area contributed by atoms with Gasteiger partial charge in [-0.25, -0.2) is 0 Å². The highest BCUT2D eigenvalue weighted by Gasteiger charge is 2.18. The fourth-order valence-corrected chi connectivity index (χ4v) is 1.41. The topological polar surface area (TPSA) is 72.2 Å². The van der Waals surface area contributed by atoms with Gasteiger partial charge in [-0.05, 0) is 18.4 Å². The van der Waals surface area contributed by atoms with Crippen molar-refractivity contribution in [1.82, 2.24) is 15.5 Å². The second-order valence-corrected chi connectivity index (χ2v) is 5.04. The summed E-state index contributed by atoms with van der Waals surface area (Å²) in [6, 6.07) is 0.480. The normalized spacial score (nSPS) is 11.8. The van der Waals surface area contributed by atoms with Crippen molar-refractivity contribution in [3.63, 3.8) is 0 Å².